The van der Waals surface area contributed by atoms with Crippen LogP contribution in [0.25, 0.3) is 0 Å². The van der Waals surface area contributed by atoms with E-state index in [0.717, 1.165) is 12.8 Å². The summed E-state index contributed by atoms with van der Waals surface area (Å²) in [6.07, 6.45) is 1.68. The molecule has 1 saturated carbocycles. The highest BCUT2D eigenvalue weighted by atomic mass is 79.9. The monoisotopic (exact) mass is 349 g/mol. The molecule has 0 spiro atoms. The van der Waals surface area contributed by atoms with Gasteiger partial charge in [-0.1, -0.05) is 15.9 Å². The van der Waals surface area contributed by atoms with Crippen molar-refractivity contribution >= 4 is 33.4 Å². The molecule has 1 unspecified atom stereocenters. The number of carbonyl (C=O) groups excluding carboxylic acids is 1. The first-order chi connectivity index (χ1) is 9.03. The average Bonchev–Trinajstić information content (AvgIpc) is 3.23. The van der Waals surface area contributed by atoms with Crippen molar-refractivity contribution in [3.63, 3.8) is 0 Å². The molecule has 6 heteroatoms. The Morgan fingerprint density at radius 1 is 1.58 bits per heavy atom. The van der Waals surface area contributed by atoms with Gasteiger partial charge in [-0.25, -0.2) is 4.39 Å². The Morgan fingerprint density at radius 3 is 2.79 bits per heavy atom. The maximum Gasteiger partial charge on any atom is 0.235 e. The van der Waals surface area contributed by atoms with Crippen LogP contribution in [0.3, 0.4) is 0 Å². The predicted molar refractivity (Wildman–Crippen MR) is 74.5 cm³/mol. The van der Waals surface area contributed by atoms with Gasteiger partial charge in [-0.2, -0.15) is 0 Å². The molecule has 104 valence electrons. The summed E-state index contributed by atoms with van der Waals surface area (Å²) in [5, 5.41) is 12.5. The first kappa shape index (κ1) is 14.8. The Hall–Kier alpha value is -0.650. The minimum atomic E-state index is -1.08. The molecule has 0 aromatic heterocycles. The zero-order valence-electron chi connectivity index (χ0n) is 10.1. The Morgan fingerprint density at radius 2 is 2.26 bits per heavy atom. The lowest BCUT2D eigenvalue weighted by Gasteiger charge is -2.34. The highest BCUT2D eigenvalue weighted by Gasteiger charge is 2.48. The number of aliphatic hydroxyl groups is 1. The van der Waals surface area contributed by atoms with Crippen molar-refractivity contribution in [1.29, 1.82) is 0 Å². The van der Waals surface area contributed by atoms with Crippen molar-refractivity contribution in [2.45, 2.75) is 18.4 Å². The van der Waals surface area contributed by atoms with E-state index in [9.17, 15) is 14.3 Å². The van der Waals surface area contributed by atoms with Gasteiger partial charge in [0.05, 0.1) is 12.1 Å². The lowest BCUT2D eigenvalue weighted by atomic mass is 9.85. The fourth-order valence-corrected chi connectivity index (χ4v) is 2.77. The normalized spacial score (nSPS) is 17.9. The summed E-state index contributed by atoms with van der Waals surface area (Å²) in [4.78, 5) is 11.6. The zero-order chi connectivity index (χ0) is 14.0. The molecular weight excluding hydrogens is 337 g/mol. The van der Waals surface area contributed by atoms with Crippen LogP contribution in [-0.4, -0.2) is 23.5 Å². The third-order valence-electron chi connectivity index (χ3n) is 3.42. The van der Waals surface area contributed by atoms with Crippen LogP contribution in [0.4, 0.5) is 4.39 Å². The van der Waals surface area contributed by atoms with E-state index in [2.05, 4.69) is 21.2 Å². The third kappa shape index (κ3) is 2.93. The van der Waals surface area contributed by atoms with Crippen LogP contribution in [0.2, 0.25) is 0 Å². The molecule has 1 aliphatic carbocycles. The molecule has 0 aliphatic heterocycles. The number of hydrogen-bond donors (Lipinski definition) is 2. The molecule has 1 aromatic rings. The standard InChI is InChI=1S/C13H14BrClFNO2/c14-9-3-4-11(16)10(5-9)13(7-18,8-1-2-8)17-12(19)6-15/h3-5,8,18H,1-2,6-7H2,(H,17,19). The molecule has 3 nitrogen and oxygen atoms in total. The summed E-state index contributed by atoms with van der Waals surface area (Å²) in [5.41, 5.74) is -0.787. The topological polar surface area (TPSA) is 49.3 Å². The van der Waals surface area contributed by atoms with Crippen LogP contribution in [-0.2, 0) is 10.3 Å². The van der Waals surface area contributed by atoms with E-state index in [1.54, 1.807) is 12.1 Å². The molecule has 0 bridgehead atoms. The summed E-state index contributed by atoms with van der Waals surface area (Å²) in [6, 6.07) is 4.49. The molecule has 2 N–H and O–H groups in total. The second-order valence-electron chi connectivity index (χ2n) is 4.71. The first-order valence-electron chi connectivity index (χ1n) is 5.97. The smallest absolute Gasteiger partial charge is 0.235 e. The number of amides is 1. The van der Waals surface area contributed by atoms with E-state index in [1.807, 2.05) is 0 Å². The van der Waals surface area contributed by atoms with E-state index >= 15 is 0 Å². The van der Waals surface area contributed by atoms with Gasteiger partial charge in [0.15, 0.2) is 0 Å². The van der Waals surface area contributed by atoms with E-state index in [4.69, 9.17) is 11.6 Å². The fraction of sp³-hybridized carbons (Fsp3) is 0.462. The van der Waals surface area contributed by atoms with Crippen LogP contribution in [0, 0.1) is 11.7 Å². The minimum Gasteiger partial charge on any atom is -0.394 e. The molecule has 2 rings (SSSR count). The summed E-state index contributed by atoms with van der Waals surface area (Å²) in [6.45, 7) is -0.354. The Kier molecular flexibility index (Phi) is 4.48. The quantitative estimate of drug-likeness (QED) is 0.802. The third-order valence-corrected chi connectivity index (χ3v) is 4.15. The van der Waals surface area contributed by atoms with E-state index < -0.39 is 17.3 Å². The molecule has 1 aromatic carbocycles. The maximum atomic E-state index is 14.1. The van der Waals surface area contributed by atoms with Crippen LogP contribution < -0.4 is 5.32 Å². The number of halogens is 3. The zero-order valence-corrected chi connectivity index (χ0v) is 12.5. The molecule has 1 aliphatic rings. The number of hydrogen-bond acceptors (Lipinski definition) is 2. The molecular formula is C13H14BrClFNO2. The van der Waals surface area contributed by atoms with Crippen LogP contribution in [0.15, 0.2) is 22.7 Å². The van der Waals surface area contributed by atoms with Crippen molar-refractivity contribution in [3.8, 4) is 0 Å². The van der Waals surface area contributed by atoms with Gasteiger partial charge in [-0.3, -0.25) is 4.79 Å². The number of rotatable bonds is 5. The molecule has 0 saturated heterocycles. The molecule has 1 fully saturated rings. The van der Waals surface area contributed by atoms with Gasteiger partial charge in [-0.15, -0.1) is 11.6 Å². The van der Waals surface area contributed by atoms with Crippen molar-refractivity contribution in [1.82, 2.24) is 5.32 Å². The SMILES string of the molecule is O=C(CCl)NC(CO)(c1cc(Br)ccc1F)C1CC1. The number of carbonyl (C=O) groups is 1. The predicted octanol–water partition coefficient (Wildman–Crippen LogP) is 2.54. The molecule has 1 amide bonds. The number of nitrogens with one attached hydrogen (secondary N) is 1. The van der Waals surface area contributed by atoms with Crippen LogP contribution in [0.5, 0.6) is 0 Å². The van der Waals surface area contributed by atoms with Gasteiger partial charge < -0.3 is 10.4 Å². The van der Waals surface area contributed by atoms with Gasteiger partial charge in [0.25, 0.3) is 0 Å². The second-order valence-corrected chi connectivity index (χ2v) is 5.89. The summed E-state index contributed by atoms with van der Waals surface area (Å²) < 4.78 is 14.8. The first-order valence-corrected chi connectivity index (χ1v) is 7.29. The molecule has 1 atom stereocenters. The summed E-state index contributed by atoms with van der Waals surface area (Å²) in [7, 11) is 0. The number of aliphatic hydroxyl groups excluding tert-OH is 1. The largest absolute Gasteiger partial charge is 0.394 e. The van der Waals surface area contributed by atoms with Gasteiger partial charge in [0, 0.05) is 10.0 Å². The van der Waals surface area contributed by atoms with Crippen molar-refractivity contribution in [3.05, 3.63) is 34.1 Å². The maximum absolute atomic E-state index is 14.1. The van der Waals surface area contributed by atoms with Crippen LogP contribution >= 0.6 is 27.5 Å². The Labute approximate surface area is 124 Å². The molecule has 19 heavy (non-hydrogen) atoms. The average molecular weight is 351 g/mol. The van der Waals surface area contributed by atoms with Gasteiger partial charge in [-0.05, 0) is 37.0 Å². The fourth-order valence-electron chi connectivity index (χ4n) is 2.34. The molecule has 0 radical (unpaired) electrons. The van der Waals surface area contributed by atoms with Crippen LogP contribution in [0.1, 0.15) is 18.4 Å². The number of benzene rings is 1. The van der Waals surface area contributed by atoms with E-state index in [1.165, 1.54) is 6.07 Å². The number of alkyl halides is 1. The van der Waals surface area contributed by atoms with Crippen molar-refractivity contribution in [2.75, 3.05) is 12.5 Å². The minimum absolute atomic E-state index is 0.0356. The highest BCUT2D eigenvalue weighted by Crippen LogP contribution is 2.46. The highest BCUT2D eigenvalue weighted by molar-refractivity contribution is 9.10. The van der Waals surface area contributed by atoms with Gasteiger partial charge in [0.2, 0.25) is 5.91 Å². The Bertz CT molecular complexity index is 496. The second kappa shape index (κ2) is 5.77. The van der Waals surface area contributed by atoms with Gasteiger partial charge >= 0.3 is 0 Å². The van der Waals surface area contributed by atoms with E-state index in [-0.39, 0.29) is 18.4 Å². The summed E-state index contributed by atoms with van der Waals surface area (Å²) in [5.74, 6) is -1.04. The van der Waals surface area contributed by atoms with Gasteiger partial charge in [0.1, 0.15) is 11.7 Å². The van der Waals surface area contributed by atoms with Crippen molar-refractivity contribution < 1.29 is 14.3 Å². The lowest BCUT2D eigenvalue weighted by molar-refractivity contribution is -0.121. The lowest BCUT2D eigenvalue weighted by Crippen LogP contribution is -2.51. The molecule has 0 heterocycles. The van der Waals surface area contributed by atoms with Crippen molar-refractivity contribution in [2.24, 2.45) is 5.92 Å². The van der Waals surface area contributed by atoms with E-state index in [0.29, 0.717) is 10.0 Å². The summed E-state index contributed by atoms with van der Waals surface area (Å²) >= 11 is 8.79. The Balaban J connectivity index is 2.46.